The Bertz CT molecular complexity index is 128. The Balaban J connectivity index is 3.05. The number of rotatable bonds is 5. The zero-order valence-electron chi connectivity index (χ0n) is 6.13. The van der Waals surface area contributed by atoms with Crippen molar-refractivity contribution in [3.8, 4) is 6.07 Å². The minimum absolute atomic E-state index is 0.105. The Labute approximate surface area is 61.0 Å². The van der Waals surface area contributed by atoms with Gasteiger partial charge in [0.05, 0.1) is 6.07 Å². The molecule has 3 heteroatoms. The highest BCUT2D eigenvalue weighted by Crippen LogP contribution is 2.01. The Morgan fingerprint density at radius 3 is 3.00 bits per heavy atom. The third kappa shape index (κ3) is 5.10. The Morgan fingerprint density at radius 1 is 1.80 bits per heavy atom. The average molecular weight is 140 g/mol. The SMILES string of the molecule is CC(C#N)CCCNC=O. The van der Waals surface area contributed by atoms with E-state index in [1.54, 1.807) is 0 Å². The van der Waals surface area contributed by atoms with Crippen molar-refractivity contribution < 1.29 is 4.79 Å². The molecule has 0 aliphatic rings. The van der Waals surface area contributed by atoms with Gasteiger partial charge in [-0.05, 0) is 19.8 Å². The van der Waals surface area contributed by atoms with Crippen LogP contribution in [0.5, 0.6) is 0 Å². The number of carbonyl (C=O) groups is 1. The molecule has 10 heavy (non-hydrogen) atoms. The van der Waals surface area contributed by atoms with E-state index >= 15 is 0 Å². The lowest BCUT2D eigenvalue weighted by molar-refractivity contribution is -0.109. The van der Waals surface area contributed by atoms with Crippen molar-refractivity contribution in [2.75, 3.05) is 6.54 Å². The van der Waals surface area contributed by atoms with Crippen LogP contribution in [-0.2, 0) is 4.79 Å². The number of hydrogen-bond donors (Lipinski definition) is 1. The Kier molecular flexibility index (Phi) is 5.45. The summed E-state index contributed by atoms with van der Waals surface area (Å²) in [5.74, 6) is 0.105. The average Bonchev–Trinajstić information content (AvgIpc) is 1.98. The van der Waals surface area contributed by atoms with Crippen molar-refractivity contribution in [3.05, 3.63) is 0 Å². The second-order valence-electron chi connectivity index (χ2n) is 2.24. The molecular formula is C7H12N2O. The molecule has 0 spiro atoms. The van der Waals surface area contributed by atoms with Crippen LogP contribution in [0.15, 0.2) is 0 Å². The maximum atomic E-state index is 9.74. The Hall–Kier alpha value is -1.04. The minimum Gasteiger partial charge on any atom is -0.359 e. The molecule has 0 radical (unpaired) electrons. The molecule has 3 nitrogen and oxygen atoms in total. The van der Waals surface area contributed by atoms with Crippen LogP contribution in [0.25, 0.3) is 0 Å². The first kappa shape index (κ1) is 8.96. The van der Waals surface area contributed by atoms with Crippen LogP contribution in [0.1, 0.15) is 19.8 Å². The van der Waals surface area contributed by atoms with E-state index in [1.165, 1.54) is 0 Å². The molecule has 56 valence electrons. The molecular weight excluding hydrogens is 128 g/mol. The molecule has 0 saturated carbocycles. The monoisotopic (exact) mass is 140 g/mol. The molecule has 1 amide bonds. The predicted octanol–water partition coefficient (Wildman–Crippen LogP) is 0.672. The Morgan fingerprint density at radius 2 is 2.50 bits per heavy atom. The van der Waals surface area contributed by atoms with Crippen LogP contribution in [-0.4, -0.2) is 13.0 Å². The van der Waals surface area contributed by atoms with Gasteiger partial charge in [0.25, 0.3) is 0 Å². The van der Waals surface area contributed by atoms with E-state index in [4.69, 9.17) is 5.26 Å². The van der Waals surface area contributed by atoms with Gasteiger partial charge in [-0.1, -0.05) is 0 Å². The molecule has 0 aliphatic carbocycles. The van der Waals surface area contributed by atoms with Crippen LogP contribution in [0.4, 0.5) is 0 Å². The predicted molar refractivity (Wildman–Crippen MR) is 38.1 cm³/mol. The number of hydrogen-bond acceptors (Lipinski definition) is 2. The lowest BCUT2D eigenvalue weighted by Crippen LogP contribution is -2.12. The summed E-state index contributed by atoms with van der Waals surface area (Å²) in [6, 6.07) is 2.13. The van der Waals surface area contributed by atoms with E-state index < -0.39 is 0 Å². The van der Waals surface area contributed by atoms with Crippen molar-refractivity contribution in [2.24, 2.45) is 5.92 Å². The van der Waals surface area contributed by atoms with Crippen molar-refractivity contribution in [3.63, 3.8) is 0 Å². The number of carbonyl (C=O) groups excluding carboxylic acids is 1. The van der Waals surface area contributed by atoms with Gasteiger partial charge in [-0.3, -0.25) is 4.79 Å². The zero-order chi connectivity index (χ0) is 7.82. The van der Waals surface area contributed by atoms with Crippen molar-refractivity contribution >= 4 is 6.41 Å². The summed E-state index contributed by atoms with van der Waals surface area (Å²) in [6.07, 6.45) is 2.42. The molecule has 0 aromatic heterocycles. The standard InChI is InChI=1S/C7H12N2O/c1-7(5-8)3-2-4-9-6-10/h6-7H,2-4H2,1H3,(H,9,10). The molecule has 1 atom stereocenters. The van der Waals surface area contributed by atoms with E-state index in [2.05, 4.69) is 11.4 Å². The maximum Gasteiger partial charge on any atom is 0.207 e. The van der Waals surface area contributed by atoms with E-state index in [0.29, 0.717) is 13.0 Å². The summed E-state index contributed by atoms with van der Waals surface area (Å²) < 4.78 is 0. The first-order chi connectivity index (χ1) is 4.81. The summed E-state index contributed by atoms with van der Waals surface area (Å²) in [5, 5.41) is 10.9. The van der Waals surface area contributed by atoms with Crippen LogP contribution in [0.2, 0.25) is 0 Å². The van der Waals surface area contributed by atoms with E-state index in [1.807, 2.05) is 6.92 Å². The molecule has 1 N–H and O–H groups in total. The fourth-order valence-corrected chi connectivity index (χ4v) is 0.634. The fraction of sp³-hybridized carbons (Fsp3) is 0.714. The molecule has 1 unspecified atom stereocenters. The molecule has 0 aromatic carbocycles. The van der Waals surface area contributed by atoms with Gasteiger partial charge in [0, 0.05) is 12.5 Å². The zero-order valence-corrected chi connectivity index (χ0v) is 6.13. The lowest BCUT2D eigenvalue weighted by Gasteiger charge is -1.99. The highest BCUT2D eigenvalue weighted by molar-refractivity contribution is 5.45. The molecule has 0 bridgehead atoms. The first-order valence-electron chi connectivity index (χ1n) is 3.38. The van der Waals surface area contributed by atoms with E-state index in [-0.39, 0.29) is 5.92 Å². The van der Waals surface area contributed by atoms with Crippen molar-refractivity contribution in [1.82, 2.24) is 5.32 Å². The molecule has 0 rings (SSSR count). The van der Waals surface area contributed by atoms with Crippen molar-refractivity contribution in [2.45, 2.75) is 19.8 Å². The van der Waals surface area contributed by atoms with Crippen molar-refractivity contribution in [1.29, 1.82) is 5.26 Å². The van der Waals surface area contributed by atoms with Gasteiger partial charge in [0.15, 0.2) is 0 Å². The van der Waals surface area contributed by atoms with Gasteiger partial charge >= 0.3 is 0 Å². The van der Waals surface area contributed by atoms with E-state index in [0.717, 1.165) is 12.8 Å². The molecule has 0 saturated heterocycles. The third-order valence-electron chi connectivity index (χ3n) is 1.26. The quantitative estimate of drug-likeness (QED) is 0.451. The lowest BCUT2D eigenvalue weighted by atomic mass is 10.1. The highest BCUT2D eigenvalue weighted by Gasteiger charge is 1.96. The maximum absolute atomic E-state index is 9.74. The first-order valence-corrected chi connectivity index (χ1v) is 3.38. The largest absolute Gasteiger partial charge is 0.359 e. The number of amides is 1. The summed E-state index contributed by atoms with van der Waals surface area (Å²) in [4.78, 5) is 9.74. The number of nitriles is 1. The van der Waals surface area contributed by atoms with Gasteiger partial charge in [-0.2, -0.15) is 5.26 Å². The van der Waals surface area contributed by atoms with Gasteiger partial charge in [-0.15, -0.1) is 0 Å². The van der Waals surface area contributed by atoms with Crippen LogP contribution < -0.4 is 5.32 Å². The molecule has 0 aliphatic heterocycles. The molecule has 0 fully saturated rings. The minimum atomic E-state index is 0.105. The summed E-state index contributed by atoms with van der Waals surface area (Å²) >= 11 is 0. The fourth-order valence-electron chi connectivity index (χ4n) is 0.634. The molecule has 0 aromatic rings. The van der Waals surface area contributed by atoms with Gasteiger partial charge in [0.2, 0.25) is 6.41 Å². The summed E-state index contributed by atoms with van der Waals surface area (Å²) in [7, 11) is 0. The van der Waals surface area contributed by atoms with Crippen LogP contribution in [0.3, 0.4) is 0 Å². The normalized spacial score (nSPS) is 11.6. The molecule has 0 heterocycles. The second kappa shape index (κ2) is 6.09. The number of nitrogens with zero attached hydrogens (tertiary/aromatic N) is 1. The third-order valence-corrected chi connectivity index (χ3v) is 1.26. The van der Waals surface area contributed by atoms with Gasteiger partial charge < -0.3 is 5.32 Å². The second-order valence-corrected chi connectivity index (χ2v) is 2.24. The van der Waals surface area contributed by atoms with E-state index in [9.17, 15) is 4.79 Å². The van der Waals surface area contributed by atoms with Gasteiger partial charge in [-0.25, -0.2) is 0 Å². The topological polar surface area (TPSA) is 52.9 Å². The van der Waals surface area contributed by atoms with Crippen LogP contribution in [0, 0.1) is 17.2 Å². The highest BCUT2D eigenvalue weighted by atomic mass is 16.1. The number of nitrogens with one attached hydrogen (secondary N) is 1. The smallest absolute Gasteiger partial charge is 0.207 e. The summed E-state index contributed by atoms with van der Waals surface area (Å²) in [6.45, 7) is 2.55. The van der Waals surface area contributed by atoms with Gasteiger partial charge in [0.1, 0.15) is 0 Å². The van der Waals surface area contributed by atoms with Crippen LogP contribution >= 0.6 is 0 Å². The summed E-state index contributed by atoms with van der Waals surface area (Å²) in [5.41, 5.74) is 0.